The molecular formula is C17H18N2O2S. The van der Waals surface area contributed by atoms with Crippen LogP contribution in [0.2, 0.25) is 0 Å². The van der Waals surface area contributed by atoms with Crippen LogP contribution in [0.25, 0.3) is 16.2 Å². The molecule has 5 heteroatoms. The zero-order chi connectivity index (χ0) is 15.7. The summed E-state index contributed by atoms with van der Waals surface area (Å²) in [4.78, 5) is 17.0. The Morgan fingerprint density at radius 2 is 2.27 bits per heavy atom. The number of benzene rings is 1. The van der Waals surface area contributed by atoms with Crippen molar-refractivity contribution in [2.75, 3.05) is 7.11 Å². The van der Waals surface area contributed by atoms with Crippen LogP contribution in [0.15, 0.2) is 29.8 Å². The Hall–Kier alpha value is -2.14. The quantitative estimate of drug-likeness (QED) is 0.656. The number of ether oxygens (including phenoxy) is 1. The Morgan fingerprint density at radius 1 is 1.45 bits per heavy atom. The fraction of sp³-hybridized carbons (Fsp3) is 0.294. The zero-order valence-corrected chi connectivity index (χ0v) is 13.7. The first-order chi connectivity index (χ1) is 10.7. The Kier molecular flexibility index (Phi) is 3.98. The van der Waals surface area contributed by atoms with Gasteiger partial charge in [0.25, 0.3) is 0 Å². The van der Waals surface area contributed by atoms with Crippen LogP contribution in [-0.4, -0.2) is 22.8 Å². The van der Waals surface area contributed by atoms with Gasteiger partial charge < -0.3 is 4.74 Å². The molecule has 0 radical (unpaired) electrons. The number of imidazole rings is 1. The lowest BCUT2D eigenvalue weighted by molar-refractivity contribution is 0.111. The highest BCUT2D eigenvalue weighted by molar-refractivity contribution is 7.15. The van der Waals surface area contributed by atoms with Crippen LogP contribution < -0.4 is 4.74 Å². The normalized spacial score (nSPS) is 12.5. The van der Waals surface area contributed by atoms with Gasteiger partial charge in [0.1, 0.15) is 17.1 Å². The highest BCUT2D eigenvalue weighted by Gasteiger charge is 2.19. The van der Waals surface area contributed by atoms with Crippen molar-refractivity contribution < 1.29 is 9.53 Å². The smallest absolute Gasteiger partial charge is 0.194 e. The lowest BCUT2D eigenvalue weighted by atomic mass is 9.95. The number of methoxy groups -OCH3 is 1. The van der Waals surface area contributed by atoms with E-state index in [2.05, 4.69) is 31.0 Å². The lowest BCUT2D eigenvalue weighted by Gasteiger charge is -2.13. The summed E-state index contributed by atoms with van der Waals surface area (Å²) < 4.78 is 7.30. The van der Waals surface area contributed by atoms with Crippen LogP contribution in [-0.2, 0) is 0 Å². The molecule has 2 heterocycles. The van der Waals surface area contributed by atoms with E-state index in [1.807, 2.05) is 22.0 Å². The molecule has 0 saturated carbocycles. The number of thiazole rings is 1. The molecule has 0 fully saturated rings. The van der Waals surface area contributed by atoms with Crippen molar-refractivity contribution in [2.24, 2.45) is 0 Å². The number of hydrogen-bond donors (Lipinski definition) is 0. The molecular weight excluding hydrogens is 296 g/mol. The van der Waals surface area contributed by atoms with Gasteiger partial charge in [0.15, 0.2) is 11.2 Å². The summed E-state index contributed by atoms with van der Waals surface area (Å²) >= 11 is 1.51. The monoisotopic (exact) mass is 314 g/mol. The molecule has 1 unspecified atom stereocenters. The minimum atomic E-state index is 0.452. The van der Waals surface area contributed by atoms with Crippen molar-refractivity contribution in [1.82, 2.24) is 9.38 Å². The molecule has 0 aliphatic rings. The maximum absolute atomic E-state index is 11.6. The van der Waals surface area contributed by atoms with E-state index in [1.54, 1.807) is 7.11 Å². The molecule has 1 aromatic carbocycles. The van der Waals surface area contributed by atoms with E-state index in [1.165, 1.54) is 16.9 Å². The summed E-state index contributed by atoms with van der Waals surface area (Å²) in [6.07, 6.45) is 3.78. The van der Waals surface area contributed by atoms with Crippen molar-refractivity contribution in [3.05, 3.63) is 41.0 Å². The van der Waals surface area contributed by atoms with Crippen molar-refractivity contribution in [1.29, 1.82) is 0 Å². The average molecular weight is 314 g/mol. The fourth-order valence-corrected chi connectivity index (χ4v) is 3.29. The molecule has 0 spiro atoms. The third-order valence-corrected chi connectivity index (χ3v) is 4.83. The van der Waals surface area contributed by atoms with Gasteiger partial charge in [-0.05, 0) is 30.0 Å². The molecule has 0 amide bonds. The summed E-state index contributed by atoms with van der Waals surface area (Å²) in [5.41, 5.74) is 3.35. The molecule has 0 N–H and O–H groups in total. The Labute approximate surface area is 133 Å². The molecule has 1 atom stereocenters. The fourth-order valence-electron chi connectivity index (χ4n) is 2.57. The first-order valence-corrected chi connectivity index (χ1v) is 8.16. The van der Waals surface area contributed by atoms with Gasteiger partial charge in [0, 0.05) is 17.1 Å². The molecule has 3 aromatic rings. The number of carbonyl (C=O) groups excluding carboxylic acids is 1. The Balaban J connectivity index is 2.23. The SMILES string of the molecule is CCC(C)c1ccc(OC)c(-c2nc3sccn3c2C=O)c1. The number of carbonyl (C=O) groups is 1. The highest BCUT2D eigenvalue weighted by atomic mass is 32.1. The van der Waals surface area contributed by atoms with Crippen molar-refractivity contribution in [3.63, 3.8) is 0 Å². The second kappa shape index (κ2) is 5.93. The summed E-state index contributed by atoms with van der Waals surface area (Å²) in [7, 11) is 1.64. The van der Waals surface area contributed by atoms with Crippen molar-refractivity contribution >= 4 is 22.6 Å². The molecule has 0 saturated heterocycles. The van der Waals surface area contributed by atoms with Crippen LogP contribution in [0.1, 0.15) is 42.2 Å². The minimum absolute atomic E-state index is 0.452. The molecule has 0 bridgehead atoms. The lowest BCUT2D eigenvalue weighted by Crippen LogP contribution is -1.97. The zero-order valence-electron chi connectivity index (χ0n) is 12.9. The number of hydrogen-bond acceptors (Lipinski definition) is 4. The molecule has 2 aromatic heterocycles. The largest absolute Gasteiger partial charge is 0.496 e. The van der Waals surface area contributed by atoms with Crippen LogP contribution in [0.5, 0.6) is 5.75 Å². The van der Waals surface area contributed by atoms with Crippen LogP contribution in [0.3, 0.4) is 0 Å². The summed E-state index contributed by atoms with van der Waals surface area (Å²) in [5.74, 6) is 1.19. The van der Waals surface area contributed by atoms with E-state index in [0.717, 1.165) is 29.0 Å². The highest BCUT2D eigenvalue weighted by Crippen LogP contribution is 2.35. The van der Waals surface area contributed by atoms with Crippen molar-refractivity contribution in [3.8, 4) is 17.0 Å². The maximum Gasteiger partial charge on any atom is 0.194 e. The van der Waals surface area contributed by atoms with Gasteiger partial charge in [0.2, 0.25) is 0 Å². The predicted molar refractivity (Wildman–Crippen MR) is 89.2 cm³/mol. The van der Waals surface area contributed by atoms with Gasteiger partial charge in [-0.1, -0.05) is 19.9 Å². The van der Waals surface area contributed by atoms with E-state index in [0.29, 0.717) is 17.3 Å². The summed E-state index contributed by atoms with van der Waals surface area (Å²) in [6, 6.07) is 6.13. The van der Waals surface area contributed by atoms with Gasteiger partial charge in [-0.2, -0.15) is 0 Å². The first-order valence-electron chi connectivity index (χ1n) is 7.28. The van der Waals surface area contributed by atoms with Gasteiger partial charge in [-0.25, -0.2) is 4.98 Å². The van der Waals surface area contributed by atoms with Crippen LogP contribution >= 0.6 is 11.3 Å². The molecule has 114 valence electrons. The number of aromatic nitrogens is 2. The van der Waals surface area contributed by atoms with Gasteiger partial charge >= 0.3 is 0 Å². The second-order valence-electron chi connectivity index (χ2n) is 5.29. The van der Waals surface area contributed by atoms with Crippen LogP contribution in [0.4, 0.5) is 0 Å². The van der Waals surface area contributed by atoms with E-state index in [9.17, 15) is 4.79 Å². The molecule has 0 aliphatic carbocycles. The van der Waals surface area contributed by atoms with Gasteiger partial charge in [0.05, 0.1) is 7.11 Å². The third-order valence-electron chi connectivity index (χ3n) is 4.07. The topological polar surface area (TPSA) is 43.6 Å². The van der Waals surface area contributed by atoms with Crippen LogP contribution in [0, 0.1) is 0 Å². The maximum atomic E-state index is 11.6. The molecule has 4 nitrogen and oxygen atoms in total. The first kappa shape index (κ1) is 14.8. The molecule has 22 heavy (non-hydrogen) atoms. The van der Waals surface area contributed by atoms with Crippen molar-refractivity contribution in [2.45, 2.75) is 26.2 Å². The summed E-state index contributed by atoms with van der Waals surface area (Å²) in [6.45, 7) is 4.36. The minimum Gasteiger partial charge on any atom is -0.496 e. The number of rotatable bonds is 5. The number of nitrogens with zero attached hydrogens (tertiary/aromatic N) is 2. The average Bonchev–Trinajstić information content (AvgIpc) is 3.13. The second-order valence-corrected chi connectivity index (χ2v) is 6.16. The molecule has 3 rings (SSSR count). The number of aldehydes is 1. The standard InChI is InChI=1S/C17H18N2O2S/c1-4-11(2)12-5-6-15(21-3)13(9-12)16-14(10-20)19-7-8-22-17(19)18-16/h5-11H,4H2,1-3H3. The van der Waals surface area contributed by atoms with E-state index in [4.69, 9.17) is 4.74 Å². The van der Waals surface area contributed by atoms with E-state index < -0.39 is 0 Å². The summed E-state index contributed by atoms with van der Waals surface area (Å²) in [5, 5.41) is 1.92. The number of fused-ring (bicyclic) bond motifs is 1. The Bertz CT molecular complexity index is 819. The molecule has 0 aliphatic heterocycles. The van der Waals surface area contributed by atoms with Gasteiger partial charge in [-0.3, -0.25) is 9.20 Å². The van der Waals surface area contributed by atoms with Gasteiger partial charge in [-0.15, -0.1) is 11.3 Å². The van der Waals surface area contributed by atoms with E-state index in [-0.39, 0.29) is 0 Å². The Morgan fingerprint density at radius 3 is 2.95 bits per heavy atom. The predicted octanol–water partition coefficient (Wildman–Crippen LogP) is 4.40. The van der Waals surface area contributed by atoms with E-state index >= 15 is 0 Å². The third kappa shape index (κ3) is 2.31.